The zero-order chi connectivity index (χ0) is 14.3. The van der Waals surface area contributed by atoms with Crippen molar-refractivity contribution in [3.63, 3.8) is 0 Å². The Bertz CT molecular complexity index is 533. The lowest BCUT2D eigenvalue weighted by Gasteiger charge is -2.22. The molecule has 98 valence electrons. The van der Waals surface area contributed by atoms with Crippen LogP contribution < -0.4 is 5.73 Å². The van der Waals surface area contributed by atoms with Gasteiger partial charge in [-0.3, -0.25) is 4.79 Å². The fourth-order valence-corrected chi connectivity index (χ4v) is 1.40. The summed E-state index contributed by atoms with van der Waals surface area (Å²) in [7, 11) is 1.66. The highest BCUT2D eigenvalue weighted by molar-refractivity contribution is 5.92. The molecule has 1 rings (SSSR count). The molecule has 0 saturated carbocycles. The van der Waals surface area contributed by atoms with Crippen LogP contribution in [0.15, 0.2) is 18.3 Å². The first-order valence-corrected chi connectivity index (χ1v) is 5.89. The van der Waals surface area contributed by atoms with Crippen LogP contribution in [0, 0.1) is 23.2 Å². The van der Waals surface area contributed by atoms with Crippen LogP contribution in [0.4, 0.5) is 0 Å². The van der Waals surface area contributed by atoms with Gasteiger partial charge in [0.2, 0.25) is 0 Å². The molecule has 0 aromatic carbocycles. The molecular weight excluding hydrogens is 240 g/mol. The third kappa shape index (κ3) is 4.09. The van der Waals surface area contributed by atoms with Gasteiger partial charge < -0.3 is 10.6 Å². The van der Waals surface area contributed by atoms with E-state index in [0.29, 0.717) is 12.1 Å². The quantitative estimate of drug-likeness (QED) is 0.809. The number of nitrogens with two attached hydrogens (primary N) is 1. The largest absolute Gasteiger partial charge is 0.337 e. The van der Waals surface area contributed by atoms with Gasteiger partial charge in [0.25, 0.3) is 5.91 Å². The molecule has 1 aromatic rings. The zero-order valence-electron chi connectivity index (χ0n) is 11.1. The van der Waals surface area contributed by atoms with Crippen LogP contribution in [0.3, 0.4) is 0 Å². The third-order valence-corrected chi connectivity index (χ3v) is 2.69. The first kappa shape index (κ1) is 14.7. The molecule has 0 fully saturated rings. The molecule has 0 bridgehead atoms. The Labute approximate surface area is 113 Å². The van der Waals surface area contributed by atoms with E-state index in [1.807, 2.05) is 13.0 Å². The van der Waals surface area contributed by atoms with Crippen molar-refractivity contribution in [2.24, 2.45) is 5.73 Å². The fourth-order valence-electron chi connectivity index (χ4n) is 1.40. The van der Waals surface area contributed by atoms with E-state index in [1.165, 1.54) is 4.90 Å². The fraction of sp³-hybridized carbons (Fsp3) is 0.357. The smallest absolute Gasteiger partial charge is 0.272 e. The summed E-state index contributed by atoms with van der Waals surface area (Å²) in [4.78, 5) is 17.7. The minimum Gasteiger partial charge on any atom is -0.337 e. The summed E-state index contributed by atoms with van der Waals surface area (Å²) < 4.78 is 0. The van der Waals surface area contributed by atoms with Gasteiger partial charge in [0.1, 0.15) is 5.69 Å². The maximum absolute atomic E-state index is 12.1. The van der Waals surface area contributed by atoms with E-state index < -0.39 is 0 Å². The highest BCUT2D eigenvalue weighted by Gasteiger charge is 2.18. The van der Waals surface area contributed by atoms with Gasteiger partial charge in [0.05, 0.1) is 19.0 Å². The minimum atomic E-state index is -0.207. The number of carbonyl (C=O) groups is 1. The number of hydrogen-bond acceptors (Lipinski definition) is 4. The van der Waals surface area contributed by atoms with Crippen LogP contribution in [0.2, 0.25) is 0 Å². The van der Waals surface area contributed by atoms with Crippen LogP contribution in [-0.2, 0) is 0 Å². The molecule has 1 unspecified atom stereocenters. The predicted molar refractivity (Wildman–Crippen MR) is 72.0 cm³/mol. The highest BCUT2D eigenvalue weighted by Crippen LogP contribution is 2.07. The molecule has 5 heteroatoms. The van der Waals surface area contributed by atoms with Crippen molar-refractivity contribution < 1.29 is 4.79 Å². The van der Waals surface area contributed by atoms with Gasteiger partial charge in [-0.2, -0.15) is 5.26 Å². The Morgan fingerprint density at radius 1 is 1.58 bits per heavy atom. The van der Waals surface area contributed by atoms with Gasteiger partial charge in [0, 0.05) is 24.8 Å². The van der Waals surface area contributed by atoms with Crippen molar-refractivity contribution >= 4 is 5.91 Å². The zero-order valence-corrected chi connectivity index (χ0v) is 11.1. The standard InChI is InChI=1S/C14H16N4O/c1-11(7-9-16)18(2)14(19)13-6-5-12(10-17-13)4-3-8-15/h5-6,10-11H,7-8,15H2,1-2H3. The first-order valence-electron chi connectivity index (χ1n) is 5.89. The third-order valence-electron chi connectivity index (χ3n) is 2.69. The summed E-state index contributed by atoms with van der Waals surface area (Å²) in [5, 5.41) is 8.63. The van der Waals surface area contributed by atoms with Crippen molar-refractivity contribution in [3.05, 3.63) is 29.6 Å². The van der Waals surface area contributed by atoms with E-state index in [1.54, 1.807) is 25.4 Å². The summed E-state index contributed by atoms with van der Waals surface area (Å²) in [6, 6.07) is 5.25. The van der Waals surface area contributed by atoms with E-state index in [-0.39, 0.29) is 18.5 Å². The Hall–Kier alpha value is -2.37. The molecule has 0 spiro atoms. The molecule has 0 radical (unpaired) electrons. The minimum absolute atomic E-state index is 0.143. The number of nitrogens with zero attached hydrogens (tertiary/aromatic N) is 3. The Morgan fingerprint density at radius 2 is 2.32 bits per heavy atom. The molecule has 0 aliphatic carbocycles. The average molecular weight is 256 g/mol. The Kier molecular flexibility index (Phi) is 5.53. The summed E-state index contributed by atoms with van der Waals surface area (Å²) in [5.74, 6) is 5.35. The molecule has 1 aromatic heterocycles. The van der Waals surface area contributed by atoms with Crippen molar-refractivity contribution in [3.8, 4) is 17.9 Å². The van der Waals surface area contributed by atoms with E-state index in [2.05, 4.69) is 16.8 Å². The average Bonchev–Trinajstić information content (AvgIpc) is 2.44. The molecule has 1 atom stereocenters. The number of aromatic nitrogens is 1. The molecule has 0 saturated heterocycles. The Morgan fingerprint density at radius 3 is 2.84 bits per heavy atom. The monoisotopic (exact) mass is 256 g/mol. The molecular formula is C14H16N4O. The van der Waals surface area contributed by atoms with Gasteiger partial charge in [-0.15, -0.1) is 0 Å². The van der Waals surface area contributed by atoms with Gasteiger partial charge in [0.15, 0.2) is 0 Å². The summed E-state index contributed by atoms with van der Waals surface area (Å²) >= 11 is 0. The molecule has 19 heavy (non-hydrogen) atoms. The van der Waals surface area contributed by atoms with Crippen molar-refractivity contribution in [1.29, 1.82) is 5.26 Å². The molecule has 0 aliphatic rings. The van der Waals surface area contributed by atoms with Gasteiger partial charge in [-0.05, 0) is 19.1 Å². The van der Waals surface area contributed by atoms with Gasteiger partial charge in [-0.25, -0.2) is 4.98 Å². The SMILES string of the molecule is CC(CC#N)N(C)C(=O)c1ccc(C#CCN)cn1. The summed E-state index contributed by atoms with van der Waals surface area (Å²) in [6.07, 6.45) is 1.83. The number of hydrogen-bond donors (Lipinski definition) is 1. The number of rotatable bonds is 3. The van der Waals surface area contributed by atoms with E-state index in [9.17, 15) is 4.79 Å². The molecule has 5 nitrogen and oxygen atoms in total. The summed E-state index contributed by atoms with van der Waals surface area (Å²) in [5.41, 5.74) is 6.33. The number of carbonyl (C=O) groups excluding carboxylic acids is 1. The van der Waals surface area contributed by atoms with E-state index in [4.69, 9.17) is 11.0 Å². The maximum atomic E-state index is 12.1. The molecule has 1 heterocycles. The van der Waals surface area contributed by atoms with E-state index >= 15 is 0 Å². The number of pyridine rings is 1. The van der Waals surface area contributed by atoms with Crippen molar-refractivity contribution in [2.45, 2.75) is 19.4 Å². The molecule has 1 amide bonds. The van der Waals surface area contributed by atoms with Crippen molar-refractivity contribution in [1.82, 2.24) is 9.88 Å². The first-order chi connectivity index (χ1) is 9.10. The van der Waals surface area contributed by atoms with Crippen LogP contribution in [0.1, 0.15) is 29.4 Å². The summed E-state index contributed by atoms with van der Waals surface area (Å²) in [6.45, 7) is 2.11. The van der Waals surface area contributed by atoms with Gasteiger partial charge >= 0.3 is 0 Å². The number of nitriles is 1. The topological polar surface area (TPSA) is 83.0 Å². The van der Waals surface area contributed by atoms with Crippen LogP contribution in [0.5, 0.6) is 0 Å². The normalized spacial score (nSPS) is 10.8. The second kappa shape index (κ2) is 7.15. The van der Waals surface area contributed by atoms with Crippen LogP contribution in [-0.4, -0.2) is 35.4 Å². The van der Waals surface area contributed by atoms with Crippen molar-refractivity contribution in [2.75, 3.05) is 13.6 Å². The molecule has 2 N–H and O–H groups in total. The molecule has 0 aliphatic heterocycles. The maximum Gasteiger partial charge on any atom is 0.272 e. The van der Waals surface area contributed by atoms with Crippen LogP contribution in [0.25, 0.3) is 0 Å². The van der Waals surface area contributed by atoms with E-state index in [0.717, 1.165) is 5.56 Å². The van der Waals surface area contributed by atoms with Crippen LogP contribution >= 0.6 is 0 Å². The lowest BCUT2D eigenvalue weighted by molar-refractivity contribution is 0.0740. The number of amides is 1. The van der Waals surface area contributed by atoms with Gasteiger partial charge in [-0.1, -0.05) is 11.8 Å². The lowest BCUT2D eigenvalue weighted by Crippen LogP contribution is -2.35. The second-order valence-corrected chi connectivity index (χ2v) is 4.07. The second-order valence-electron chi connectivity index (χ2n) is 4.07. The predicted octanol–water partition coefficient (Wildman–Crippen LogP) is 0.766. The Balaban J connectivity index is 2.81. The highest BCUT2D eigenvalue weighted by atomic mass is 16.2. The lowest BCUT2D eigenvalue weighted by atomic mass is 10.2.